The molecule has 1 unspecified atom stereocenters. The van der Waals surface area contributed by atoms with Crippen LogP contribution in [0.4, 0.5) is 0 Å². The number of aliphatic carboxylic acids is 1. The molecule has 5 nitrogen and oxygen atoms in total. The number of likely N-dealkylation sites (tertiary alicyclic amines) is 1. The number of nitrogens with zero attached hydrogens (tertiary/aromatic N) is 2. The van der Waals surface area contributed by atoms with Gasteiger partial charge in [-0.3, -0.25) is 14.6 Å². The summed E-state index contributed by atoms with van der Waals surface area (Å²) in [6, 6.07) is 3.83. The fourth-order valence-electron chi connectivity index (χ4n) is 4.00. The number of aromatic nitrogens is 1. The van der Waals surface area contributed by atoms with Crippen LogP contribution in [0.25, 0.3) is 0 Å². The number of carboxylic acid groups (broad SMARTS) is 1. The van der Waals surface area contributed by atoms with Gasteiger partial charge in [0.1, 0.15) is 0 Å². The van der Waals surface area contributed by atoms with Crippen LogP contribution in [0.15, 0.2) is 12.1 Å². The van der Waals surface area contributed by atoms with E-state index in [9.17, 15) is 9.59 Å². The average molecular weight is 314 g/mol. The van der Waals surface area contributed by atoms with Crippen LogP contribution in [0.3, 0.4) is 0 Å². The van der Waals surface area contributed by atoms with Crippen molar-refractivity contribution in [3.63, 3.8) is 0 Å². The van der Waals surface area contributed by atoms with Crippen LogP contribution in [0, 0.1) is 18.3 Å². The number of carbonyl (C=O) groups excluding carboxylic acids is 1. The lowest BCUT2D eigenvalue weighted by atomic mass is 9.90. The third kappa shape index (κ3) is 2.52. The molecule has 3 fully saturated rings. The first kappa shape index (κ1) is 14.7. The largest absolute Gasteiger partial charge is 0.481 e. The van der Waals surface area contributed by atoms with E-state index in [0.717, 1.165) is 49.1 Å². The Balaban J connectivity index is 1.48. The molecule has 2 heterocycles. The molecule has 2 aliphatic carbocycles. The third-order valence-corrected chi connectivity index (χ3v) is 5.79. The van der Waals surface area contributed by atoms with Crippen LogP contribution in [0.1, 0.15) is 59.8 Å². The highest BCUT2D eigenvalue weighted by Crippen LogP contribution is 2.59. The molecular weight excluding hydrogens is 292 g/mol. The Hall–Kier alpha value is -1.91. The third-order valence-electron chi connectivity index (χ3n) is 5.79. The fourth-order valence-corrected chi connectivity index (χ4v) is 4.00. The van der Waals surface area contributed by atoms with Gasteiger partial charge < -0.3 is 10.0 Å². The Bertz CT molecular complexity index is 673. The normalized spacial score (nSPS) is 25.4. The van der Waals surface area contributed by atoms with Crippen molar-refractivity contribution in [3.05, 3.63) is 29.1 Å². The van der Waals surface area contributed by atoms with Gasteiger partial charge in [-0.25, -0.2) is 0 Å². The predicted octanol–water partition coefficient (Wildman–Crippen LogP) is 2.59. The van der Waals surface area contributed by atoms with Gasteiger partial charge >= 0.3 is 5.97 Å². The van der Waals surface area contributed by atoms with Crippen molar-refractivity contribution in [2.75, 3.05) is 13.1 Å². The van der Waals surface area contributed by atoms with Crippen LogP contribution >= 0.6 is 0 Å². The Morgan fingerprint density at radius 2 is 1.96 bits per heavy atom. The van der Waals surface area contributed by atoms with Gasteiger partial charge in [-0.15, -0.1) is 0 Å². The summed E-state index contributed by atoms with van der Waals surface area (Å²) >= 11 is 0. The van der Waals surface area contributed by atoms with Gasteiger partial charge in [0.05, 0.1) is 17.2 Å². The van der Waals surface area contributed by atoms with Crippen LogP contribution in [0.2, 0.25) is 0 Å². The second-order valence-electron chi connectivity index (χ2n) is 7.41. The molecule has 0 radical (unpaired) electrons. The molecule has 0 bridgehead atoms. The maximum absolute atomic E-state index is 12.9. The van der Waals surface area contributed by atoms with E-state index >= 15 is 0 Å². The Morgan fingerprint density at radius 1 is 1.26 bits per heavy atom. The Morgan fingerprint density at radius 3 is 2.52 bits per heavy atom. The highest BCUT2D eigenvalue weighted by Gasteiger charge is 2.59. The Kier molecular flexibility index (Phi) is 3.22. The molecule has 2 saturated carbocycles. The quantitative estimate of drug-likeness (QED) is 0.931. The van der Waals surface area contributed by atoms with Gasteiger partial charge in [0.15, 0.2) is 0 Å². The molecule has 1 aromatic heterocycles. The monoisotopic (exact) mass is 314 g/mol. The van der Waals surface area contributed by atoms with Crippen LogP contribution in [0.5, 0.6) is 0 Å². The number of amides is 1. The summed E-state index contributed by atoms with van der Waals surface area (Å²) in [5.41, 5.74) is 2.64. The number of hydrogen-bond acceptors (Lipinski definition) is 3. The molecule has 122 valence electrons. The summed E-state index contributed by atoms with van der Waals surface area (Å²) in [4.78, 5) is 30.5. The van der Waals surface area contributed by atoms with Gasteiger partial charge in [0, 0.05) is 24.7 Å². The highest BCUT2D eigenvalue weighted by molar-refractivity contribution is 5.95. The van der Waals surface area contributed by atoms with Crippen molar-refractivity contribution in [2.45, 2.75) is 44.9 Å². The average Bonchev–Trinajstić information content (AvgIpc) is 3.42. The minimum Gasteiger partial charge on any atom is -0.481 e. The first-order valence-corrected chi connectivity index (χ1v) is 8.50. The minimum atomic E-state index is -0.677. The zero-order valence-corrected chi connectivity index (χ0v) is 13.4. The van der Waals surface area contributed by atoms with E-state index in [0.29, 0.717) is 19.0 Å². The summed E-state index contributed by atoms with van der Waals surface area (Å²) in [7, 11) is 0. The smallest absolute Gasteiger partial charge is 0.307 e. The first-order chi connectivity index (χ1) is 11.0. The molecule has 4 rings (SSSR count). The molecule has 1 atom stereocenters. The van der Waals surface area contributed by atoms with E-state index in [2.05, 4.69) is 4.98 Å². The SMILES string of the molecule is Cc1ccc(C(=O)N2CCC3(CC2)CC3C(=O)O)c(C2CC2)n1. The van der Waals surface area contributed by atoms with Gasteiger partial charge in [-0.2, -0.15) is 0 Å². The molecule has 5 heteroatoms. The molecule has 23 heavy (non-hydrogen) atoms. The molecule has 1 saturated heterocycles. The zero-order chi connectivity index (χ0) is 16.2. The lowest BCUT2D eigenvalue weighted by Gasteiger charge is -2.33. The molecule has 1 spiro atoms. The molecule has 1 aliphatic heterocycles. The second-order valence-corrected chi connectivity index (χ2v) is 7.41. The number of carbonyl (C=O) groups is 2. The summed E-state index contributed by atoms with van der Waals surface area (Å²) in [6.45, 7) is 3.30. The number of carboxylic acids is 1. The second kappa shape index (κ2) is 5.05. The van der Waals surface area contributed by atoms with Gasteiger partial charge in [-0.05, 0) is 56.6 Å². The van der Waals surface area contributed by atoms with Crippen molar-refractivity contribution >= 4 is 11.9 Å². The number of pyridine rings is 1. The zero-order valence-electron chi connectivity index (χ0n) is 13.4. The lowest BCUT2D eigenvalue weighted by Crippen LogP contribution is -2.40. The van der Waals surface area contributed by atoms with E-state index < -0.39 is 5.97 Å². The van der Waals surface area contributed by atoms with Crippen molar-refractivity contribution in [2.24, 2.45) is 11.3 Å². The minimum absolute atomic E-state index is 0.0343. The maximum atomic E-state index is 12.9. The molecule has 0 aromatic carbocycles. The highest BCUT2D eigenvalue weighted by atomic mass is 16.4. The molecule has 1 N–H and O–H groups in total. The van der Waals surface area contributed by atoms with E-state index in [1.54, 1.807) is 0 Å². The summed E-state index contributed by atoms with van der Waals surface area (Å²) < 4.78 is 0. The number of aryl methyl sites for hydroxylation is 1. The summed E-state index contributed by atoms with van der Waals surface area (Å²) in [6.07, 6.45) is 4.66. The van der Waals surface area contributed by atoms with Gasteiger partial charge in [0.25, 0.3) is 5.91 Å². The van der Waals surface area contributed by atoms with Crippen LogP contribution < -0.4 is 0 Å². The van der Waals surface area contributed by atoms with Crippen LogP contribution in [-0.2, 0) is 4.79 Å². The number of piperidine rings is 1. The standard InChI is InChI=1S/C18H22N2O3/c1-11-2-5-13(15(19-11)12-3-4-12)16(21)20-8-6-18(7-9-20)10-14(18)17(22)23/h2,5,12,14H,3-4,6-10H2,1H3,(H,22,23). The van der Waals surface area contributed by atoms with E-state index in [1.165, 1.54) is 0 Å². The van der Waals surface area contributed by atoms with Crippen LogP contribution in [-0.4, -0.2) is 40.0 Å². The molecular formula is C18H22N2O3. The van der Waals surface area contributed by atoms with Gasteiger partial charge in [0.2, 0.25) is 0 Å². The number of hydrogen-bond donors (Lipinski definition) is 1. The lowest BCUT2D eigenvalue weighted by molar-refractivity contribution is -0.139. The van der Waals surface area contributed by atoms with E-state index in [-0.39, 0.29) is 17.2 Å². The van der Waals surface area contributed by atoms with Gasteiger partial charge in [-0.1, -0.05) is 0 Å². The molecule has 3 aliphatic rings. The van der Waals surface area contributed by atoms with Crippen molar-refractivity contribution in [3.8, 4) is 0 Å². The van der Waals surface area contributed by atoms with E-state index in [1.807, 2.05) is 24.0 Å². The predicted molar refractivity (Wildman–Crippen MR) is 84.3 cm³/mol. The van der Waals surface area contributed by atoms with Crippen molar-refractivity contribution in [1.82, 2.24) is 9.88 Å². The summed E-state index contributed by atoms with van der Waals surface area (Å²) in [5.74, 6) is -0.349. The number of rotatable bonds is 3. The topological polar surface area (TPSA) is 70.5 Å². The first-order valence-electron chi connectivity index (χ1n) is 8.50. The van der Waals surface area contributed by atoms with Crippen molar-refractivity contribution < 1.29 is 14.7 Å². The fraction of sp³-hybridized carbons (Fsp3) is 0.611. The van der Waals surface area contributed by atoms with E-state index in [4.69, 9.17) is 5.11 Å². The molecule has 1 aromatic rings. The Labute approximate surface area is 135 Å². The maximum Gasteiger partial charge on any atom is 0.307 e. The molecule has 1 amide bonds. The summed E-state index contributed by atoms with van der Waals surface area (Å²) in [5, 5.41) is 9.17. The van der Waals surface area contributed by atoms with Crippen molar-refractivity contribution in [1.29, 1.82) is 0 Å².